The Morgan fingerprint density at radius 3 is 2.57 bits per heavy atom. The van der Waals surface area contributed by atoms with Crippen molar-refractivity contribution < 1.29 is 18.0 Å². The Kier molecular flexibility index (Phi) is 6.03. The fourth-order valence-electron chi connectivity index (χ4n) is 2.50. The van der Waals surface area contributed by atoms with Crippen molar-refractivity contribution >= 4 is 23.4 Å². The monoisotopic (exact) mass is 406 g/mol. The van der Waals surface area contributed by atoms with Gasteiger partial charge in [0.15, 0.2) is 5.16 Å². The molecule has 1 heterocycles. The lowest BCUT2D eigenvalue weighted by Crippen LogP contribution is -2.15. The Balaban J connectivity index is 1.58. The van der Waals surface area contributed by atoms with E-state index in [2.05, 4.69) is 15.5 Å². The minimum absolute atomic E-state index is 0.00750. The lowest BCUT2D eigenvalue weighted by atomic mass is 10.1. The molecule has 0 radical (unpaired) electrons. The summed E-state index contributed by atoms with van der Waals surface area (Å²) in [5.74, 6) is 0.344. The van der Waals surface area contributed by atoms with Crippen LogP contribution in [0.25, 0.3) is 0 Å². The fourth-order valence-corrected chi connectivity index (χ4v) is 3.23. The molecule has 0 bridgehead atoms. The highest BCUT2D eigenvalue weighted by atomic mass is 32.2. The Hall–Kier alpha value is -2.81. The van der Waals surface area contributed by atoms with E-state index in [1.54, 1.807) is 4.57 Å². The highest BCUT2D eigenvalue weighted by Gasteiger charge is 2.30. The number of carbonyl (C=O) groups excluding carboxylic acids is 1. The van der Waals surface area contributed by atoms with Crippen LogP contribution >= 0.6 is 11.8 Å². The molecule has 0 unspecified atom stereocenters. The lowest BCUT2D eigenvalue weighted by molar-refractivity contribution is -0.137. The van der Waals surface area contributed by atoms with E-state index in [0.29, 0.717) is 11.6 Å². The summed E-state index contributed by atoms with van der Waals surface area (Å²) in [6.07, 6.45) is -3.84. The number of carbonyl (C=O) groups is 1. The first kappa shape index (κ1) is 19.9. The molecule has 3 rings (SSSR count). The molecule has 0 atom stereocenters. The second-order valence-corrected chi connectivity index (χ2v) is 6.98. The first-order chi connectivity index (χ1) is 13.3. The third-order valence-corrected chi connectivity index (χ3v) is 4.96. The Labute approximate surface area is 164 Å². The second kappa shape index (κ2) is 8.47. The molecule has 0 aliphatic rings. The quantitative estimate of drug-likeness (QED) is 0.625. The van der Waals surface area contributed by atoms with Crippen molar-refractivity contribution in [3.8, 4) is 0 Å². The van der Waals surface area contributed by atoms with E-state index in [1.165, 1.54) is 23.9 Å². The van der Waals surface area contributed by atoms with Crippen LogP contribution in [0.4, 0.5) is 18.9 Å². The molecule has 146 valence electrons. The van der Waals surface area contributed by atoms with E-state index in [-0.39, 0.29) is 11.4 Å². The van der Waals surface area contributed by atoms with Crippen LogP contribution in [0.2, 0.25) is 0 Å². The average Bonchev–Trinajstić information content (AvgIpc) is 3.00. The van der Waals surface area contributed by atoms with Crippen LogP contribution in [0.5, 0.6) is 0 Å². The molecule has 0 aliphatic heterocycles. The minimum Gasteiger partial charge on any atom is -0.325 e. The molecule has 1 amide bonds. The number of thioether (sulfide) groups is 1. The Morgan fingerprint density at radius 2 is 1.86 bits per heavy atom. The number of halogens is 3. The minimum atomic E-state index is -4.46. The maximum atomic E-state index is 12.7. The van der Waals surface area contributed by atoms with Gasteiger partial charge in [0.1, 0.15) is 5.82 Å². The summed E-state index contributed by atoms with van der Waals surface area (Å²) < 4.78 is 40.0. The summed E-state index contributed by atoms with van der Waals surface area (Å²) in [4.78, 5) is 12.1. The predicted molar refractivity (Wildman–Crippen MR) is 101 cm³/mol. The van der Waals surface area contributed by atoms with Crippen LogP contribution in [-0.2, 0) is 24.4 Å². The summed E-state index contributed by atoms with van der Waals surface area (Å²) in [6, 6.07) is 14.3. The van der Waals surface area contributed by atoms with E-state index in [9.17, 15) is 18.0 Å². The Bertz CT molecular complexity index is 957. The SMILES string of the molecule is Cn1c(Cc2ccccc2)nnc1SCC(=O)Nc1cccc(C(F)(F)F)c1. The van der Waals surface area contributed by atoms with Gasteiger partial charge in [0.2, 0.25) is 5.91 Å². The van der Waals surface area contributed by atoms with E-state index < -0.39 is 17.6 Å². The number of benzene rings is 2. The third kappa shape index (κ3) is 5.13. The standard InChI is InChI=1S/C19H17F3N4OS/c1-26-16(10-13-6-3-2-4-7-13)24-25-18(26)28-12-17(27)23-15-9-5-8-14(11-15)19(20,21)22/h2-9,11H,10,12H2,1H3,(H,23,27). The number of amides is 1. The average molecular weight is 406 g/mol. The van der Waals surface area contributed by atoms with Gasteiger partial charge in [0.05, 0.1) is 11.3 Å². The van der Waals surface area contributed by atoms with Crippen LogP contribution < -0.4 is 5.32 Å². The van der Waals surface area contributed by atoms with Gasteiger partial charge in [-0.15, -0.1) is 10.2 Å². The van der Waals surface area contributed by atoms with Gasteiger partial charge >= 0.3 is 6.18 Å². The molecule has 28 heavy (non-hydrogen) atoms. The lowest BCUT2D eigenvalue weighted by Gasteiger charge is -2.09. The maximum absolute atomic E-state index is 12.7. The van der Waals surface area contributed by atoms with Crippen molar-refractivity contribution in [2.75, 3.05) is 11.1 Å². The zero-order valence-corrected chi connectivity index (χ0v) is 15.7. The molecule has 0 aliphatic carbocycles. The van der Waals surface area contributed by atoms with Gasteiger partial charge in [-0.2, -0.15) is 13.2 Å². The number of hydrogen-bond donors (Lipinski definition) is 1. The normalized spacial score (nSPS) is 11.4. The maximum Gasteiger partial charge on any atom is 0.416 e. The van der Waals surface area contributed by atoms with Crippen molar-refractivity contribution in [3.63, 3.8) is 0 Å². The van der Waals surface area contributed by atoms with Gasteiger partial charge in [-0.3, -0.25) is 4.79 Å². The van der Waals surface area contributed by atoms with Gasteiger partial charge in [-0.1, -0.05) is 48.2 Å². The van der Waals surface area contributed by atoms with Gasteiger partial charge in [-0.25, -0.2) is 0 Å². The molecule has 9 heteroatoms. The smallest absolute Gasteiger partial charge is 0.325 e. The second-order valence-electron chi connectivity index (χ2n) is 6.04. The molecule has 5 nitrogen and oxygen atoms in total. The molecule has 1 N–H and O–H groups in total. The number of anilines is 1. The zero-order chi connectivity index (χ0) is 20.1. The number of alkyl halides is 3. The molecular weight excluding hydrogens is 389 g/mol. The molecule has 0 saturated heterocycles. The van der Waals surface area contributed by atoms with E-state index in [4.69, 9.17) is 0 Å². The first-order valence-corrected chi connectivity index (χ1v) is 9.33. The topological polar surface area (TPSA) is 59.8 Å². The van der Waals surface area contributed by atoms with Crippen LogP contribution in [0.1, 0.15) is 17.0 Å². The summed E-state index contributed by atoms with van der Waals surface area (Å²) in [5.41, 5.74) is 0.386. The zero-order valence-electron chi connectivity index (χ0n) is 14.9. The van der Waals surface area contributed by atoms with Crippen LogP contribution in [0, 0.1) is 0 Å². The summed E-state index contributed by atoms with van der Waals surface area (Å²) in [5, 5.41) is 11.3. The summed E-state index contributed by atoms with van der Waals surface area (Å²) >= 11 is 1.17. The van der Waals surface area contributed by atoms with Crippen molar-refractivity contribution in [1.29, 1.82) is 0 Å². The van der Waals surface area contributed by atoms with Crippen LogP contribution in [0.15, 0.2) is 59.8 Å². The van der Waals surface area contributed by atoms with E-state index >= 15 is 0 Å². The first-order valence-electron chi connectivity index (χ1n) is 8.35. The van der Waals surface area contributed by atoms with Crippen molar-refractivity contribution in [1.82, 2.24) is 14.8 Å². The Morgan fingerprint density at radius 1 is 1.11 bits per heavy atom. The number of hydrogen-bond acceptors (Lipinski definition) is 4. The molecule has 0 fully saturated rings. The number of nitrogens with zero attached hydrogens (tertiary/aromatic N) is 3. The fraction of sp³-hybridized carbons (Fsp3) is 0.211. The van der Waals surface area contributed by atoms with Gasteiger partial charge in [-0.05, 0) is 23.8 Å². The predicted octanol–water partition coefficient (Wildman–Crippen LogP) is 4.16. The molecule has 0 saturated carbocycles. The van der Waals surface area contributed by atoms with Gasteiger partial charge in [0.25, 0.3) is 0 Å². The number of nitrogens with one attached hydrogen (secondary N) is 1. The largest absolute Gasteiger partial charge is 0.416 e. The number of aromatic nitrogens is 3. The summed E-state index contributed by atoms with van der Waals surface area (Å²) in [7, 11) is 1.81. The molecule has 1 aromatic heterocycles. The molecular formula is C19H17F3N4OS. The molecule has 2 aromatic carbocycles. The highest BCUT2D eigenvalue weighted by molar-refractivity contribution is 7.99. The van der Waals surface area contributed by atoms with Crippen LogP contribution in [0.3, 0.4) is 0 Å². The molecule has 0 spiro atoms. The van der Waals surface area contributed by atoms with Crippen molar-refractivity contribution in [2.24, 2.45) is 7.05 Å². The van der Waals surface area contributed by atoms with Gasteiger partial charge < -0.3 is 9.88 Å². The van der Waals surface area contributed by atoms with E-state index in [1.807, 2.05) is 37.4 Å². The molecule has 3 aromatic rings. The van der Waals surface area contributed by atoms with Crippen LogP contribution in [-0.4, -0.2) is 26.4 Å². The summed E-state index contributed by atoms with van der Waals surface area (Å²) in [6.45, 7) is 0. The number of rotatable bonds is 6. The van der Waals surface area contributed by atoms with Gasteiger partial charge in [0, 0.05) is 19.2 Å². The third-order valence-electron chi connectivity index (χ3n) is 3.94. The van der Waals surface area contributed by atoms with Crippen molar-refractivity contribution in [2.45, 2.75) is 17.8 Å². The highest BCUT2D eigenvalue weighted by Crippen LogP contribution is 2.30. The van der Waals surface area contributed by atoms with E-state index in [0.717, 1.165) is 23.5 Å². The van der Waals surface area contributed by atoms with Crippen molar-refractivity contribution in [3.05, 3.63) is 71.5 Å².